The first kappa shape index (κ1) is 24.7. The number of sulfonamides is 1. The van der Waals surface area contributed by atoms with Crippen molar-refractivity contribution in [1.29, 1.82) is 0 Å². The maximum absolute atomic E-state index is 12.0. The third-order valence-corrected chi connectivity index (χ3v) is 5.65. The molecule has 34 heavy (non-hydrogen) atoms. The average Bonchev–Trinajstić information content (AvgIpc) is 2.82. The summed E-state index contributed by atoms with van der Waals surface area (Å²) >= 11 is 0. The van der Waals surface area contributed by atoms with Crippen LogP contribution in [0.1, 0.15) is 18.1 Å². The van der Waals surface area contributed by atoms with E-state index in [0.717, 1.165) is 23.2 Å². The van der Waals surface area contributed by atoms with Gasteiger partial charge in [-0.25, -0.2) is 18.4 Å². The summed E-state index contributed by atoms with van der Waals surface area (Å²) in [5.41, 5.74) is 3.77. The molecule has 1 amide bonds. The molecule has 0 aromatic heterocycles. The van der Waals surface area contributed by atoms with Gasteiger partial charge < -0.3 is 15.4 Å². The van der Waals surface area contributed by atoms with Gasteiger partial charge in [0.15, 0.2) is 6.61 Å². The highest BCUT2D eigenvalue weighted by molar-refractivity contribution is 7.89. The van der Waals surface area contributed by atoms with Crippen LogP contribution >= 0.6 is 0 Å². The fourth-order valence-corrected chi connectivity index (χ4v) is 3.57. The van der Waals surface area contributed by atoms with Crippen molar-refractivity contribution in [2.45, 2.75) is 18.2 Å². The van der Waals surface area contributed by atoms with Gasteiger partial charge in [-0.2, -0.15) is 0 Å². The molecule has 4 N–H and O–H groups in total. The minimum atomic E-state index is -3.79. The predicted octanol–water partition coefficient (Wildman–Crippen LogP) is 3.84. The Kier molecular flexibility index (Phi) is 8.18. The van der Waals surface area contributed by atoms with E-state index >= 15 is 0 Å². The van der Waals surface area contributed by atoms with E-state index in [1.54, 1.807) is 48.5 Å². The number of anilines is 3. The number of hydrogen-bond donors (Lipinski definition) is 3. The molecular formula is C25H25N3O5S. The van der Waals surface area contributed by atoms with Crippen LogP contribution in [0.3, 0.4) is 0 Å². The molecule has 0 spiro atoms. The lowest BCUT2D eigenvalue weighted by molar-refractivity contribution is -0.142. The van der Waals surface area contributed by atoms with Gasteiger partial charge in [0.1, 0.15) is 0 Å². The molecule has 3 aromatic rings. The van der Waals surface area contributed by atoms with Crippen LogP contribution in [0.4, 0.5) is 17.1 Å². The third-order valence-electron chi connectivity index (χ3n) is 4.74. The molecule has 3 rings (SSSR count). The molecule has 0 radical (unpaired) electrons. The quantitative estimate of drug-likeness (QED) is 0.316. The Morgan fingerprint density at radius 2 is 1.65 bits per heavy atom. The van der Waals surface area contributed by atoms with Crippen LogP contribution < -0.4 is 15.8 Å². The van der Waals surface area contributed by atoms with E-state index in [-0.39, 0.29) is 11.5 Å². The summed E-state index contributed by atoms with van der Waals surface area (Å²) in [7, 11) is -3.79. The van der Waals surface area contributed by atoms with Crippen molar-refractivity contribution < 1.29 is 22.7 Å². The van der Waals surface area contributed by atoms with E-state index < -0.39 is 21.9 Å². The fourth-order valence-electron chi connectivity index (χ4n) is 3.01. The Hall–Kier alpha value is -3.95. The van der Waals surface area contributed by atoms with Gasteiger partial charge in [0.25, 0.3) is 5.91 Å². The summed E-state index contributed by atoms with van der Waals surface area (Å²) in [6, 6.07) is 20.7. The molecule has 9 heteroatoms. The number of amides is 1. The summed E-state index contributed by atoms with van der Waals surface area (Å²) in [6.45, 7) is 1.63. The number of esters is 1. The molecule has 0 aliphatic heterocycles. The fraction of sp³-hybridized carbons (Fsp3) is 0.120. The first-order valence-electron chi connectivity index (χ1n) is 10.5. The van der Waals surface area contributed by atoms with Crippen LogP contribution in [0.2, 0.25) is 0 Å². The third kappa shape index (κ3) is 7.58. The smallest absolute Gasteiger partial charge is 0.331 e. The van der Waals surface area contributed by atoms with Crippen LogP contribution in [0.15, 0.2) is 83.8 Å². The van der Waals surface area contributed by atoms with Gasteiger partial charge in [0.2, 0.25) is 10.0 Å². The highest BCUT2D eigenvalue weighted by atomic mass is 32.2. The number of carbonyl (C=O) groups excluding carboxylic acids is 2. The number of nitrogens with two attached hydrogens (primary N) is 1. The summed E-state index contributed by atoms with van der Waals surface area (Å²) in [5, 5.41) is 10.9. The van der Waals surface area contributed by atoms with Gasteiger partial charge in [-0.05, 0) is 66.1 Å². The zero-order valence-electron chi connectivity index (χ0n) is 18.5. The largest absolute Gasteiger partial charge is 0.452 e. The summed E-state index contributed by atoms with van der Waals surface area (Å²) in [5.74, 6) is -1.06. The number of aryl methyl sites for hydroxylation is 1. The topological polar surface area (TPSA) is 128 Å². The summed E-state index contributed by atoms with van der Waals surface area (Å²) in [4.78, 5) is 23.9. The lowest BCUT2D eigenvalue weighted by Crippen LogP contribution is -2.20. The van der Waals surface area contributed by atoms with Crippen LogP contribution in [0.25, 0.3) is 6.08 Å². The zero-order valence-corrected chi connectivity index (χ0v) is 19.3. The molecule has 3 aromatic carbocycles. The summed E-state index contributed by atoms with van der Waals surface area (Å²) < 4.78 is 27.9. The number of nitrogens with one attached hydrogen (secondary N) is 2. The van der Waals surface area contributed by atoms with E-state index in [1.165, 1.54) is 18.2 Å². The highest BCUT2D eigenvalue weighted by Gasteiger charge is 2.08. The van der Waals surface area contributed by atoms with Crippen molar-refractivity contribution in [3.63, 3.8) is 0 Å². The molecule has 0 heterocycles. The van der Waals surface area contributed by atoms with Gasteiger partial charge in [-0.1, -0.05) is 37.3 Å². The molecule has 0 aliphatic carbocycles. The highest BCUT2D eigenvalue weighted by Crippen LogP contribution is 2.20. The van der Waals surface area contributed by atoms with E-state index in [0.29, 0.717) is 11.4 Å². The molecule has 176 valence electrons. The molecule has 0 saturated carbocycles. The SMILES string of the molecule is CCc1cccc(NC(=O)COC(=O)C=Cc2ccc(Nc3cccc(S(N)(=O)=O)c3)cc2)c1. The van der Waals surface area contributed by atoms with Crippen LogP contribution in [-0.2, 0) is 30.8 Å². The van der Waals surface area contributed by atoms with Crippen molar-refractivity contribution in [2.75, 3.05) is 17.2 Å². The molecule has 0 bridgehead atoms. The first-order valence-corrected chi connectivity index (χ1v) is 12.0. The standard InChI is InChI=1S/C25H25N3O5S/c1-2-18-5-3-6-21(15-18)28-24(29)17-33-25(30)14-11-19-9-12-20(13-10-19)27-22-7-4-8-23(16-22)34(26,31)32/h3-16,27H,2,17H2,1H3,(H,28,29)(H2,26,31,32). The van der Waals surface area contributed by atoms with Crippen LogP contribution in [0, 0.1) is 0 Å². The second kappa shape index (κ2) is 11.3. The van der Waals surface area contributed by atoms with E-state index in [9.17, 15) is 18.0 Å². The van der Waals surface area contributed by atoms with Crippen molar-refractivity contribution in [3.05, 3.63) is 90.0 Å². The lowest BCUT2D eigenvalue weighted by Gasteiger charge is -2.08. The van der Waals surface area contributed by atoms with Gasteiger partial charge in [-0.15, -0.1) is 0 Å². The van der Waals surface area contributed by atoms with Crippen LogP contribution in [-0.4, -0.2) is 26.9 Å². The number of carbonyl (C=O) groups is 2. The van der Waals surface area contributed by atoms with Gasteiger partial charge in [-0.3, -0.25) is 4.79 Å². The number of ether oxygens (including phenoxy) is 1. The maximum Gasteiger partial charge on any atom is 0.331 e. The normalized spacial score (nSPS) is 11.2. The molecule has 0 fully saturated rings. The first-order chi connectivity index (χ1) is 16.2. The van der Waals surface area contributed by atoms with Gasteiger partial charge in [0, 0.05) is 23.1 Å². The predicted molar refractivity (Wildman–Crippen MR) is 132 cm³/mol. The Bertz CT molecular complexity index is 1300. The van der Waals surface area contributed by atoms with Crippen molar-refractivity contribution in [3.8, 4) is 0 Å². The van der Waals surface area contributed by atoms with E-state index in [1.807, 2.05) is 25.1 Å². The summed E-state index contributed by atoms with van der Waals surface area (Å²) in [6.07, 6.45) is 3.66. The number of benzene rings is 3. The minimum Gasteiger partial charge on any atom is -0.452 e. The maximum atomic E-state index is 12.0. The van der Waals surface area contributed by atoms with Gasteiger partial charge in [0.05, 0.1) is 4.90 Å². The zero-order chi connectivity index (χ0) is 24.6. The second-order valence-corrected chi connectivity index (χ2v) is 8.92. The van der Waals surface area contributed by atoms with Gasteiger partial charge >= 0.3 is 5.97 Å². The Balaban J connectivity index is 1.50. The molecule has 8 nitrogen and oxygen atoms in total. The van der Waals surface area contributed by atoms with E-state index in [4.69, 9.17) is 9.88 Å². The molecule has 0 unspecified atom stereocenters. The van der Waals surface area contributed by atoms with Crippen molar-refractivity contribution in [2.24, 2.45) is 5.14 Å². The van der Waals surface area contributed by atoms with Crippen molar-refractivity contribution >= 4 is 45.0 Å². The Labute approximate surface area is 198 Å². The average molecular weight is 480 g/mol. The molecule has 0 atom stereocenters. The minimum absolute atomic E-state index is 0.0127. The molecule has 0 saturated heterocycles. The Morgan fingerprint density at radius 3 is 2.35 bits per heavy atom. The molecular weight excluding hydrogens is 454 g/mol. The number of hydrogen-bond acceptors (Lipinski definition) is 6. The van der Waals surface area contributed by atoms with Crippen molar-refractivity contribution in [1.82, 2.24) is 0 Å². The second-order valence-electron chi connectivity index (χ2n) is 7.36. The number of rotatable bonds is 9. The van der Waals surface area contributed by atoms with Crippen LogP contribution in [0.5, 0.6) is 0 Å². The monoisotopic (exact) mass is 479 g/mol. The van der Waals surface area contributed by atoms with E-state index in [2.05, 4.69) is 10.6 Å². The Morgan fingerprint density at radius 1 is 0.941 bits per heavy atom. The lowest BCUT2D eigenvalue weighted by atomic mass is 10.1. The molecule has 0 aliphatic rings. The number of primary sulfonamides is 1.